The maximum atomic E-state index is 7.01. The molecule has 1 aromatic heterocycles. The minimum atomic E-state index is -0.231. The molecule has 280 valence electrons. The lowest BCUT2D eigenvalue weighted by Gasteiger charge is -2.32. The fourth-order valence-corrected chi connectivity index (χ4v) is 10.9. The molecule has 2 heteroatoms. The van der Waals surface area contributed by atoms with E-state index in [4.69, 9.17) is 4.42 Å². The summed E-state index contributed by atoms with van der Waals surface area (Å²) in [6.45, 7) is 21.1. The van der Waals surface area contributed by atoms with Crippen molar-refractivity contribution in [1.82, 2.24) is 0 Å². The molecular formula is C55H49NO. The highest BCUT2D eigenvalue weighted by Gasteiger charge is 2.43. The molecule has 0 saturated heterocycles. The number of rotatable bonds is 3. The summed E-state index contributed by atoms with van der Waals surface area (Å²) in [7, 11) is 0. The fourth-order valence-electron chi connectivity index (χ4n) is 10.9. The molecule has 0 N–H and O–H groups in total. The van der Waals surface area contributed by atoms with Crippen LogP contribution in [-0.2, 0) is 21.7 Å². The van der Waals surface area contributed by atoms with Crippen molar-refractivity contribution in [3.8, 4) is 33.4 Å². The number of furan rings is 1. The van der Waals surface area contributed by atoms with E-state index in [1.165, 1.54) is 94.5 Å². The zero-order valence-corrected chi connectivity index (χ0v) is 34.6. The highest BCUT2D eigenvalue weighted by molar-refractivity contribution is 6.14. The van der Waals surface area contributed by atoms with Crippen molar-refractivity contribution >= 4 is 39.0 Å². The van der Waals surface area contributed by atoms with Crippen molar-refractivity contribution in [1.29, 1.82) is 0 Å². The molecule has 0 unspecified atom stereocenters. The fraction of sp³-hybridized carbons (Fsp3) is 0.236. The Hall–Kier alpha value is -5.86. The molecule has 57 heavy (non-hydrogen) atoms. The second-order valence-electron chi connectivity index (χ2n) is 19.4. The van der Waals surface area contributed by atoms with Crippen LogP contribution in [0.2, 0.25) is 0 Å². The normalized spacial score (nSPS) is 16.2. The van der Waals surface area contributed by atoms with Gasteiger partial charge in [0.05, 0.1) is 11.4 Å². The number of hydrogen-bond acceptors (Lipinski definition) is 2. The first kappa shape index (κ1) is 34.4. The SMILES string of the molecule is CC(C)(C)c1ccc2oc3c4c(ccc3c2c1)C(C)(C)c1cccc(N(c2ccc3c(c2)C(C)(C)c2ccccc2-3)c2cccc3c2-c2ccccc2C3(C)C)c1-4. The highest BCUT2D eigenvalue weighted by Crippen LogP contribution is 2.60. The summed E-state index contributed by atoms with van der Waals surface area (Å²) in [5.41, 5.74) is 22.2. The quantitative estimate of drug-likeness (QED) is 0.179. The van der Waals surface area contributed by atoms with Gasteiger partial charge in [0.15, 0.2) is 0 Å². The molecule has 0 atom stereocenters. The molecule has 0 saturated carbocycles. The Labute approximate surface area is 336 Å². The highest BCUT2D eigenvalue weighted by atomic mass is 16.3. The van der Waals surface area contributed by atoms with Crippen LogP contribution in [0, 0.1) is 0 Å². The molecule has 0 aliphatic heterocycles. The summed E-state index contributed by atoms with van der Waals surface area (Å²) < 4.78 is 7.01. The van der Waals surface area contributed by atoms with Gasteiger partial charge in [-0.15, -0.1) is 0 Å². The largest absolute Gasteiger partial charge is 0.455 e. The predicted molar refractivity (Wildman–Crippen MR) is 240 cm³/mol. The number of anilines is 3. The molecule has 7 aromatic carbocycles. The van der Waals surface area contributed by atoms with Crippen molar-refractivity contribution in [3.63, 3.8) is 0 Å². The number of nitrogens with zero attached hydrogens (tertiary/aromatic N) is 1. The van der Waals surface area contributed by atoms with Crippen LogP contribution >= 0.6 is 0 Å². The third-order valence-electron chi connectivity index (χ3n) is 14.0. The Bertz CT molecular complexity index is 3030. The molecule has 8 aromatic rings. The molecule has 0 amide bonds. The third-order valence-corrected chi connectivity index (χ3v) is 14.0. The van der Waals surface area contributed by atoms with Crippen molar-refractivity contribution in [2.24, 2.45) is 0 Å². The Morgan fingerprint density at radius 2 is 1.00 bits per heavy atom. The number of fused-ring (bicyclic) bond motifs is 13. The zero-order valence-electron chi connectivity index (χ0n) is 34.6. The molecule has 3 aliphatic rings. The first-order chi connectivity index (χ1) is 27.2. The van der Waals surface area contributed by atoms with E-state index >= 15 is 0 Å². The monoisotopic (exact) mass is 739 g/mol. The molecular weight excluding hydrogens is 691 g/mol. The topological polar surface area (TPSA) is 16.4 Å². The van der Waals surface area contributed by atoms with E-state index in [9.17, 15) is 0 Å². The minimum absolute atomic E-state index is 0.0334. The molecule has 0 fully saturated rings. The van der Waals surface area contributed by atoms with Gasteiger partial charge < -0.3 is 9.32 Å². The first-order valence-corrected chi connectivity index (χ1v) is 20.6. The van der Waals surface area contributed by atoms with Crippen molar-refractivity contribution in [2.45, 2.75) is 84.0 Å². The van der Waals surface area contributed by atoms with E-state index in [1.807, 2.05) is 0 Å². The van der Waals surface area contributed by atoms with E-state index in [-0.39, 0.29) is 21.7 Å². The van der Waals surface area contributed by atoms with Crippen LogP contribution in [0.15, 0.2) is 138 Å². The molecule has 1 heterocycles. The van der Waals surface area contributed by atoms with Gasteiger partial charge in [-0.3, -0.25) is 0 Å². The van der Waals surface area contributed by atoms with Gasteiger partial charge in [-0.25, -0.2) is 0 Å². The van der Waals surface area contributed by atoms with Gasteiger partial charge in [-0.2, -0.15) is 0 Å². The predicted octanol–water partition coefficient (Wildman–Crippen LogP) is 15.3. The van der Waals surface area contributed by atoms with E-state index in [2.05, 4.69) is 201 Å². The lowest BCUT2D eigenvalue weighted by atomic mass is 9.82. The summed E-state index contributed by atoms with van der Waals surface area (Å²) in [5, 5.41) is 2.36. The minimum Gasteiger partial charge on any atom is -0.455 e. The van der Waals surface area contributed by atoms with Gasteiger partial charge in [0.25, 0.3) is 0 Å². The van der Waals surface area contributed by atoms with Crippen LogP contribution in [0.4, 0.5) is 17.1 Å². The lowest BCUT2D eigenvalue weighted by Crippen LogP contribution is -2.18. The maximum Gasteiger partial charge on any atom is 0.143 e. The second-order valence-corrected chi connectivity index (χ2v) is 19.4. The molecule has 3 aliphatic carbocycles. The summed E-state index contributed by atoms with van der Waals surface area (Å²) in [4.78, 5) is 2.58. The smallest absolute Gasteiger partial charge is 0.143 e. The van der Waals surface area contributed by atoms with Crippen LogP contribution in [0.1, 0.15) is 101 Å². The molecule has 0 bridgehead atoms. The summed E-state index contributed by atoms with van der Waals surface area (Å²) in [6, 6.07) is 50.6. The van der Waals surface area contributed by atoms with Crippen molar-refractivity contribution in [2.75, 3.05) is 4.90 Å². The van der Waals surface area contributed by atoms with Gasteiger partial charge in [-0.05, 0) is 97.4 Å². The van der Waals surface area contributed by atoms with Gasteiger partial charge in [0.2, 0.25) is 0 Å². The summed E-state index contributed by atoms with van der Waals surface area (Å²) in [5.74, 6) is 0. The van der Waals surface area contributed by atoms with E-state index in [0.29, 0.717) is 0 Å². The van der Waals surface area contributed by atoms with E-state index < -0.39 is 0 Å². The van der Waals surface area contributed by atoms with Crippen LogP contribution in [0.25, 0.3) is 55.3 Å². The second kappa shape index (κ2) is 11.2. The Morgan fingerprint density at radius 1 is 0.439 bits per heavy atom. The van der Waals surface area contributed by atoms with Crippen molar-refractivity contribution < 1.29 is 4.42 Å². The van der Waals surface area contributed by atoms with E-state index in [1.54, 1.807) is 0 Å². The Morgan fingerprint density at radius 3 is 1.72 bits per heavy atom. The lowest BCUT2D eigenvalue weighted by molar-refractivity contribution is 0.590. The van der Waals surface area contributed by atoms with Gasteiger partial charge >= 0.3 is 0 Å². The van der Waals surface area contributed by atoms with Gasteiger partial charge in [-0.1, -0.05) is 159 Å². The zero-order chi connectivity index (χ0) is 39.4. The summed E-state index contributed by atoms with van der Waals surface area (Å²) >= 11 is 0. The number of hydrogen-bond donors (Lipinski definition) is 0. The maximum absolute atomic E-state index is 7.01. The summed E-state index contributed by atoms with van der Waals surface area (Å²) in [6.07, 6.45) is 0. The van der Waals surface area contributed by atoms with Gasteiger partial charge in [0.1, 0.15) is 11.2 Å². The van der Waals surface area contributed by atoms with Crippen LogP contribution in [-0.4, -0.2) is 0 Å². The van der Waals surface area contributed by atoms with Crippen LogP contribution < -0.4 is 4.90 Å². The van der Waals surface area contributed by atoms with Crippen LogP contribution in [0.3, 0.4) is 0 Å². The van der Waals surface area contributed by atoms with Crippen molar-refractivity contribution in [3.05, 3.63) is 172 Å². The van der Waals surface area contributed by atoms with E-state index in [0.717, 1.165) is 16.9 Å². The third kappa shape index (κ3) is 4.47. The Kier molecular flexibility index (Phi) is 6.74. The number of benzene rings is 7. The average Bonchev–Trinajstić information content (AvgIpc) is 3.84. The average molecular weight is 740 g/mol. The van der Waals surface area contributed by atoms with Gasteiger partial charge in [0, 0.05) is 49.4 Å². The molecule has 2 nitrogen and oxygen atoms in total. The van der Waals surface area contributed by atoms with Crippen LogP contribution in [0.5, 0.6) is 0 Å². The first-order valence-electron chi connectivity index (χ1n) is 20.6. The standard InChI is InChI=1S/C55H49NO/c1-52(2,3)32-24-29-47-38(30-32)36-27-28-43-50(51(36)57-47)49-42(55(43,8)9)21-15-23-46(49)56(33-25-26-35-34-16-10-12-18-39(34)54(6,7)44(35)31-33)45-22-14-20-41-48(45)37-17-11-13-19-40(37)53(41,4)5/h10-31H,1-9H3. The Balaban J connectivity index is 1.23. The molecule has 0 spiro atoms. The molecule has 0 radical (unpaired) electrons. The molecule has 11 rings (SSSR count).